The van der Waals surface area contributed by atoms with Crippen LogP contribution in [0.15, 0.2) is 24.3 Å². The first-order chi connectivity index (χ1) is 10.5. The Kier molecular flexibility index (Phi) is 12.2. The number of hydrogen-bond acceptors (Lipinski definition) is 2. The molecule has 0 saturated carbocycles. The van der Waals surface area contributed by atoms with Crippen molar-refractivity contribution >= 4 is 11.9 Å². The molecule has 0 spiro atoms. The lowest BCUT2D eigenvalue weighted by Crippen LogP contribution is -2.13. The van der Waals surface area contributed by atoms with Crippen molar-refractivity contribution in [2.45, 2.75) is 71.1 Å². The normalized spacial score (nSPS) is 12.9. The summed E-state index contributed by atoms with van der Waals surface area (Å²) in [6.45, 7) is 5.50. The van der Waals surface area contributed by atoms with E-state index in [1.807, 2.05) is 6.92 Å². The van der Waals surface area contributed by atoms with Crippen LogP contribution in [0.1, 0.15) is 71.1 Å². The maximum Gasteiger partial charge on any atom is 0.335 e. The number of hydrogen-bond donors (Lipinski definition) is 2. The first-order valence-electron chi connectivity index (χ1n) is 8.31. The van der Waals surface area contributed by atoms with Crippen LogP contribution < -0.4 is 0 Å². The standard InChI is InChI=1S/C18H30O4/c1-3-12-16(18(21)22)14-11-9-7-5-6-8-10-13-15(4-2)17(19)20/h4,13,16H,2-3,5-12,14H2,1H3,(H,19,20)(H,21,22). The van der Waals surface area contributed by atoms with Crippen molar-refractivity contribution in [3.63, 3.8) is 0 Å². The van der Waals surface area contributed by atoms with E-state index in [2.05, 4.69) is 6.58 Å². The lowest BCUT2D eigenvalue weighted by Gasteiger charge is -2.10. The minimum absolute atomic E-state index is 0.177. The van der Waals surface area contributed by atoms with Gasteiger partial charge in [-0.15, -0.1) is 0 Å². The summed E-state index contributed by atoms with van der Waals surface area (Å²) in [5, 5.41) is 17.9. The lowest BCUT2D eigenvalue weighted by molar-refractivity contribution is -0.142. The highest BCUT2D eigenvalue weighted by molar-refractivity contribution is 5.89. The summed E-state index contributed by atoms with van der Waals surface area (Å²) >= 11 is 0. The maximum absolute atomic E-state index is 11.0. The maximum atomic E-state index is 11.0. The predicted octanol–water partition coefficient (Wildman–Crippen LogP) is 4.81. The van der Waals surface area contributed by atoms with Crippen LogP contribution in [0.25, 0.3) is 0 Å². The van der Waals surface area contributed by atoms with Crippen LogP contribution in [0.2, 0.25) is 0 Å². The van der Waals surface area contributed by atoms with Crippen LogP contribution in [0, 0.1) is 5.92 Å². The van der Waals surface area contributed by atoms with E-state index >= 15 is 0 Å². The number of unbranched alkanes of at least 4 members (excludes halogenated alkanes) is 6. The zero-order valence-electron chi connectivity index (χ0n) is 13.7. The van der Waals surface area contributed by atoms with Crippen LogP contribution in [-0.2, 0) is 9.59 Å². The highest BCUT2D eigenvalue weighted by Gasteiger charge is 2.15. The number of allylic oxidation sites excluding steroid dienone is 1. The van der Waals surface area contributed by atoms with Crippen molar-refractivity contribution in [3.8, 4) is 0 Å². The molecule has 0 aromatic carbocycles. The molecule has 0 aliphatic rings. The fourth-order valence-corrected chi connectivity index (χ4v) is 2.50. The zero-order chi connectivity index (χ0) is 16.8. The Morgan fingerprint density at radius 2 is 1.59 bits per heavy atom. The second kappa shape index (κ2) is 13.1. The average Bonchev–Trinajstić information content (AvgIpc) is 2.47. The topological polar surface area (TPSA) is 74.6 Å². The lowest BCUT2D eigenvalue weighted by atomic mass is 9.96. The predicted molar refractivity (Wildman–Crippen MR) is 88.9 cm³/mol. The van der Waals surface area contributed by atoms with E-state index in [0.29, 0.717) is 0 Å². The molecule has 4 heteroatoms. The number of carboxylic acid groups (broad SMARTS) is 2. The van der Waals surface area contributed by atoms with Gasteiger partial charge in [0.15, 0.2) is 0 Å². The summed E-state index contributed by atoms with van der Waals surface area (Å²) in [5.41, 5.74) is 0.274. The van der Waals surface area contributed by atoms with Gasteiger partial charge in [-0.2, -0.15) is 0 Å². The third kappa shape index (κ3) is 10.2. The third-order valence-corrected chi connectivity index (χ3v) is 3.82. The van der Waals surface area contributed by atoms with E-state index < -0.39 is 11.9 Å². The second-order valence-corrected chi connectivity index (χ2v) is 5.69. The molecule has 126 valence electrons. The van der Waals surface area contributed by atoms with Gasteiger partial charge < -0.3 is 10.2 Å². The Morgan fingerprint density at radius 1 is 1.00 bits per heavy atom. The van der Waals surface area contributed by atoms with E-state index in [0.717, 1.165) is 64.2 Å². The first-order valence-corrected chi connectivity index (χ1v) is 8.31. The molecular weight excluding hydrogens is 280 g/mol. The molecule has 1 unspecified atom stereocenters. The van der Waals surface area contributed by atoms with Gasteiger partial charge in [0, 0.05) is 0 Å². The minimum atomic E-state index is -0.921. The highest BCUT2D eigenvalue weighted by Crippen LogP contribution is 2.17. The SMILES string of the molecule is C=CC(=CCCCCCCCCC(CCC)C(=O)O)C(=O)O. The Hall–Kier alpha value is -1.58. The van der Waals surface area contributed by atoms with Gasteiger partial charge in [0.1, 0.15) is 0 Å². The molecule has 0 bridgehead atoms. The van der Waals surface area contributed by atoms with Crippen LogP contribution >= 0.6 is 0 Å². The van der Waals surface area contributed by atoms with Gasteiger partial charge in [0.2, 0.25) is 0 Å². The quantitative estimate of drug-likeness (QED) is 0.274. The smallest absolute Gasteiger partial charge is 0.335 e. The molecule has 22 heavy (non-hydrogen) atoms. The van der Waals surface area contributed by atoms with Gasteiger partial charge >= 0.3 is 11.9 Å². The Balaban J connectivity index is 3.60. The van der Waals surface area contributed by atoms with Gasteiger partial charge in [-0.25, -0.2) is 4.79 Å². The summed E-state index contributed by atoms with van der Waals surface area (Å²) in [4.78, 5) is 21.7. The third-order valence-electron chi connectivity index (χ3n) is 3.82. The Bertz CT molecular complexity index is 371. The van der Waals surface area contributed by atoms with E-state index in [4.69, 9.17) is 10.2 Å². The van der Waals surface area contributed by atoms with Crippen LogP contribution in [-0.4, -0.2) is 22.2 Å². The summed E-state index contributed by atoms with van der Waals surface area (Å²) in [6, 6.07) is 0. The van der Waals surface area contributed by atoms with Crippen molar-refractivity contribution < 1.29 is 19.8 Å². The number of aliphatic carboxylic acids is 2. The number of carboxylic acids is 2. The van der Waals surface area contributed by atoms with Crippen LogP contribution in [0.3, 0.4) is 0 Å². The van der Waals surface area contributed by atoms with Gasteiger partial charge in [-0.1, -0.05) is 64.2 Å². The minimum Gasteiger partial charge on any atom is -0.481 e. The molecule has 0 aliphatic carbocycles. The van der Waals surface area contributed by atoms with E-state index in [-0.39, 0.29) is 11.5 Å². The Labute approximate surface area is 133 Å². The molecule has 0 radical (unpaired) electrons. The van der Waals surface area contributed by atoms with E-state index in [1.165, 1.54) is 6.08 Å². The molecule has 2 N–H and O–H groups in total. The van der Waals surface area contributed by atoms with Gasteiger partial charge in [-0.05, 0) is 25.7 Å². The molecule has 0 rings (SSSR count). The average molecular weight is 310 g/mol. The molecule has 0 saturated heterocycles. The fourth-order valence-electron chi connectivity index (χ4n) is 2.50. The van der Waals surface area contributed by atoms with Gasteiger partial charge in [-0.3, -0.25) is 4.79 Å². The molecule has 0 amide bonds. The highest BCUT2D eigenvalue weighted by atomic mass is 16.4. The summed E-state index contributed by atoms with van der Waals surface area (Å²) < 4.78 is 0. The largest absolute Gasteiger partial charge is 0.481 e. The molecule has 4 nitrogen and oxygen atoms in total. The molecule has 1 atom stereocenters. The molecule has 0 aromatic heterocycles. The van der Waals surface area contributed by atoms with Crippen LogP contribution in [0.5, 0.6) is 0 Å². The van der Waals surface area contributed by atoms with Gasteiger partial charge in [0.25, 0.3) is 0 Å². The first kappa shape index (κ1) is 20.4. The fraction of sp³-hybridized carbons (Fsp3) is 0.667. The van der Waals surface area contributed by atoms with Crippen molar-refractivity contribution in [1.29, 1.82) is 0 Å². The molecule has 0 aromatic rings. The van der Waals surface area contributed by atoms with Crippen molar-refractivity contribution in [2.24, 2.45) is 5.92 Å². The van der Waals surface area contributed by atoms with E-state index in [9.17, 15) is 9.59 Å². The van der Waals surface area contributed by atoms with Crippen molar-refractivity contribution in [2.75, 3.05) is 0 Å². The zero-order valence-corrected chi connectivity index (χ0v) is 13.7. The summed E-state index contributed by atoms with van der Waals surface area (Å²) in [6.07, 6.45) is 12.7. The monoisotopic (exact) mass is 310 g/mol. The van der Waals surface area contributed by atoms with Crippen LogP contribution in [0.4, 0.5) is 0 Å². The molecule has 0 heterocycles. The Morgan fingerprint density at radius 3 is 2.09 bits per heavy atom. The van der Waals surface area contributed by atoms with E-state index in [1.54, 1.807) is 6.08 Å². The van der Waals surface area contributed by atoms with Crippen molar-refractivity contribution in [3.05, 3.63) is 24.3 Å². The molecule has 0 aliphatic heterocycles. The molecule has 0 fully saturated rings. The van der Waals surface area contributed by atoms with Crippen molar-refractivity contribution in [1.82, 2.24) is 0 Å². The number of rotatable bonds is 14. The summed E-state index contributed by atoms with van der Waals surface area (Å²) in [7, 11) is 0. The second-order valence-electron chi connectivity index (χ2n) is 5.69. The molecular formula is C18H30O4. The number of carbonyl (C=O) groups is 2. The van der Waals surface area contributed by atoms with Gasteiger partial charge in [0.05, 0.1) is 11.5 Å². The summed E-state index contributed by atoms with van der Waals surface area (Å²) in [5.74, 6) is -1.76.